The summed E-state index contributed by atoms with van der Waals surface area (Å²) in [6.45, 7) is 5.82. The fourth-order valence-electron chi connectivity index (χ4n) is 2.93. The van der Waals surface area contributed by atoms with E-state index in [1.54, 1.807) is 0 Å². The van der Waals surface area contributed by atoms with Crippen LogP contribution in [0.25, 0.3) is 0 Å². The molecule has 2 heterocycles. The number of rotatable bonds is 4. The maximum absolute atomic E-state index is 12.2. The number of anilines is 2. The molecule has 1 aromatic carbocycles. The Bertz CT molecular complexity index is 688. The lowest BCUT2D eigenvalue weighted by atomic mass is 10.1. The summed E-state index contributed by atoms with van der Waals surface area (Å²) in [6, 6.07) is 12.1. The number of benzene rings is 1. The smallest absolute Gasteiger partial charge is 0.226 e. The molecular weight excluding hydrogens is 286 g/mol. The van der Waals surface area contributed by atoms with Gasteiger partial charge < -0.3 is 10.2 Å². The van der Waals surface area contributed by atoms with Crippen LogP contribution in [0.2, 0.25) is 0 Å². The molecule has 0 aliphatic carbocycles. The number of hydrogen-bond acceptors (Lipinski definition) is 3. The molecule has 1 amide bonds. The van der Waals surface area contributed by atoms with E-state index in [9.17, 15) is 4.79 Å². The number of nitrogens with zero attached hydrogens (tertiary/aromatic N) is 2. The van der Waals surface area contributed by atoms with Gasteiger partial charge in [-0.3, -0.25) is 9.78 Å². The van der Waals surface area contributed by atoms with Crippen molar-refractivity contribution in [1.29, 1.82) is 0 Å². The fourth-order valence-corrected chi connectivity index (χ4v) is 2.93. The van der Waals surface area contributed by atoms with E-state index >= 15 is 0 Å². The Hall–Kier alpha value is -2.36. The minimum Gasteiger partial charge on any atom is -0.354 e. The average Bonchev–Trinajstić information content (AvgIpc) is 3.06. The van der Waals surface area contributed by atoms with E-state index in [1.165, 1.54) is 0 Å². The van der Waals surface area contributed by atoms with E-state index in [0.717, 1.165) is 54.3 Å². The van der Waals surface area contributed by atoms with Gasteiger partial charge in [-0.2, -0.15) is 0 Å². The number of amides is 1. The van der Waals surface area contributed by atoms with Gasteiger partial charge in [0.15, 0.2) is 0 Å². The van der Waals surface area contributed by atoms with Gasteiger partial charge in [-0.05, 0) is 56.5 Å². The number of nitrogens with one attached hydrogen (secondary N) is 1. The SMILES string of the molecule is Cc1ccc(Nc2ccc(CC(=O)N3CCCC3)cc2)c(C)n1. The number of likely N-dealkylation sites (tertiary alicyclic amines) is 1. The van der Waals surface area contributed by atoms with Crippen molar-refractivity contribution in [2.75, 3.05) is 18.4 Å². The molecule has 1 aromatic heterocycles. The van der Waals surface area contributed by atoms with Crippen molar-refractivity contribution < 1.29 is 4.79 Å². The largest absolute Gasteiger partial charge is 0.354 e. The van der Waals surface area contributed by atoms with Crippen molar-refractivity contribution >= 4 is 17.3 Å². The fraction of sp³-hybridized carbons (Fsp3) is 0.368. The third-order valence-electron chi connectivity index (χ3n) is 4.27. The molecule has 1 fully saturated rings. The lowest BCUT2D eigenvalue weighted by Gasteiger charge is -2.15. The normalized spacial score (nSPS) is 14.1. The Morgan fingerprint density at radius 1 is 1.09 bits per heavy atom. The van der Waals surface area contributed by atoms with Crippen LogP contribution in [0.3, 0.4) is 0 Å². The molecule has 0 atom stereocenters. The van der Waals surface area contributed by atoms with E-state index in [2.05, 4.69) is 10.3 Å². The van der Waals surface area contributed by atoms with Crippen LogP contribution in [-0.4, -0.2) is 28.9 Å². The molecule has 1 aliphatic rings. The first-order chi connectivity index (χ1) is 11.1. The summed E-state index contributed by atoms with van der Waals surface area (Å²) in [5.41, 5.74) is 5.08. The number of pyridine rings is 1. The first kappa shape index (κ1) is 15.5. The van der Waals surface area contributed by atoms with Crippen LogP contribution in [0.15, 0.2) is 36.4 Å². The molecule has 3 rings (SSSR count). The van der Waals surface area contributed by atoms with Crippen LogP contribution in [0.5, 0.6) is 0 Å². The van der Waals surface area contributed by atoms with Gasteiger partial charge in [0, 0.05) is 24.5 Å². The highest BCUT2D eigenvalue weighted by atomic mass is 16.2. The monoisotopic (exact) mass is 309 g/mol. The maximum Gasteiger partial charge on any atom is 0.226 e. The quantitative estimate of drug-likeness (QED) is 0.938. The standard InChI is InChI=1S/C19H23N3O/c1-14-5-10-18(15(2)20-14)21-17-8-6-16(7-9-17)13-19(23)22-11-3-4-12-22/h5-10,21H,3-4,11-13H2,1-2H3. The maximum atomic E-state index is 12.2. The van der Waals surface area contributed by atoms with Gasteiger partial charge in [-0.25, -0.2) is 0 Å². The van der Waals surface area contributed by atoms with Gasteiger partial charge in [0.1, 0.15) is 0 Å². The van der Waals surface area contributed by atoms with E-state index in [1.807, 2.05) is 55.1 Å². The van der Waals surface area contributed by atoms with Crippen LogP contribution in [0.1, 0.15) is 29.8 Å². The zero-order valence-corrected chi connectivity index (χ0v) is 13.8. The van der Waals surface area contributed by atoms with E-state index in [-0.39, 0.29) is 5.91 Å². The minimum atomic E-state index is 0.238. The molecule has 2 aromatic rings. The van der Waals surface area contributed by atoms with Gasteiger partial charge in [0.25, 0.3) is 0 Å². The van der Waals surface area contributed by atoms with E-state index < -0.39 is 0 Å². The van der Waals surface area contributed by atoms with Gasteiger partial charge in [-0.1, -0.05) is 12.1 Å². The van der Waals surface area contributed by atoms with Gasteiger partial charge in [-0.15, -0.1) is 0 Å². The number of aryl methyl sites for hydroxylation is 2. The Balaban J connectivity index is 1.63. The van der Waals surface area contributed by atoms with Crippen LogP contribution in [-0.2, 0) is 11.2 Å². The van der Waals surface area contributed by atoms with Crippen molar-refractivity contribution in [2.24, 2.45) is 0 Å². The van der Waals surface area contributed by atoms with Gasteiger partial charge >= 0.3 is 0 Å². The van der Waals surface area contributed by atoms with Crippen LogP contribution >= 0.6 is 0 Å². The number of aromatic nitrogens is 1. The Morgan fingerprint density at radius 2 is 1.78 bits per heavy atom. The second-order valence-corrected chi connectivity index (χ2v) is 6.17. The van der Waals surface area contributed by atoms with Crippen molar-refractivity contribution in [1.82, 2.24) is 9.88 Å². The first-order valence-electron chi connectivity index (χ1n) is 8.20. The highest BCUT2D eigenvalue weighted by Gasteiger charge is 2.17. The summed E-state index contributed by atoms with van der Waals surface area (Å²) in [5.74, 6) is 0.238. The molecule has 4 heteroatoms. The molecule has 1 N–H and O–H groups in total. The van der Waals surface area contributed by atoms with Crippen molar-refractivity contribution in [2.45, 2.75) is 33.1 Å². The molecule has 1 saturated heterocycles. The highest BCUT2D eigenvalue weighted by molar-refractivity contribution is 5.79. The van der Waals surface area contributed by atoms with Crippen molar-refractivity contribution in [3.63, 3.8) is 0 Å². The molecule has 0 unspecified atom stereocenters. The van der Waals surface area contributed by atoms with Crippen molar-refractivity contribution in [3.8, 4) is 0 Å². The van der Waals surface area contributed by atoms with Gasteiger partial charge in [0.2, 0.25) is 5.91 Å². The summed E-state index contributed by atoms with van der Waals surface area (Å²) >= 11 is 0. The van der Waals surface area contributed by atoms with Crippen LogP contribution in [0, 0.1) is 13.8 Å². The summed E-state index contributed by atoms with van der Waals surface area (Å²) in [7, 11) is 0. The summed E-state index contributed by atoms with van der Waals surface area (Å²) in [6.07, 6.45) is 2.77. The average molecular weight is 309 g/mol. The molecule has 0 spiro atoms. The zero-order valence-electron chi connectivity index (χ0n) is 13.8. The van der Waals surface area contributed by atoms with Crippen LogP contribution < -0.4 is 5.32 Å². The molecule has 4 nitrogen and oxygen atoms in total. The Morgan fingerprint density at radius 3 is 2.43 bits per heavy atom. The number of carbonyl (C=O) groups is 1. The summed E-state index contributed by atoms with van der Waals surface area (Å²) < 4.78 is 0. The topological polar surface area (TPSA) is 45.2 Å². The number of hydrogen-bond donors (Lipinski definition) is 1. The van der Waals surface area contributed by atoms with E-state index in [0.29, 0.717) is 6.42 Å². The van der Waals surface area contributed by atoms with Crippen molar-refractivity contribution in [3.05, 3.63) is 53.3 Å². The Labute approximate surface area is 137 Å². The Kier molecular flexibility index (Phi) is 4.60. The summed E-state index contributed by atoms with van der Waals surface area (Å²) in [4.78, 5) is 18.6. The highest BCUT2D eigenvalue weighted by Crippen LogP contribution is 2.20. The molecule has 0 radical (unpaired) electrons. The molecule has 0 saturated carbocycles. The lowest BCUT2D eigenvalue weighted by molar-refractivity contribution is -0.129. The molecule has 23 heavy (non-hydrogen) atoms. The number of carbonyl (C=O) groups excluding carboxylic acids is 1. The third kappa shape index (κ3) is 3.89. The minimum absolute atomic E-state index is 0.238. The second-order valence-electron chi connectivity index (χ2n) is 6.17. The summed E-state index contributed by atoms with van der Waals surface area (Å²) in [5, 5.41) is 3.38. The molecule has 120 valence electrons. The zero-order chi connectivity index (χ0) is 16.2. The first-order valence-corrected chi connectivity index (χ1v) is 8.20. The van der Waals surface area contributed by atoms with Crippen LogP contribution in [0.4, 0.5) is 11.4 Å². The van der Waals surface area contributed by atoms with E-state index in [4.69, 9.17) is 0 Å². The predicted molar refractivity (Wildman–Crippen MR) is 93.0 cm³/mol. The molecule has 1 aliphatic heterocycles. The second kappa shape index (κ2) is 6.82. The lowest BCUT2D eigenvalue weighted by Crippen LogP contribution is -2.29. The molecule has 0 bridgehead atoms. The van der Waals surface area contributed by atoms with Gasteiger partial charge in [0.05, 0.1) is 17.8 Å². The molecular formula is C19H23N3O. The predicted octanol–water partition coefficient (Wildman–Crippen LogP) is 3.61. The third-order valence-corrected chi connectivity index (χ3v) is 4.27.